The lowest BCUT2D eigenvalue weighted by molar-refractivity contribution is 0.145. The van der Waals surface area contributed by atoms with Gasteiger partial charge >= 0.3 is 7.94 Å². The molecule has 7 heteroatoms. The normalized spacial score (nSPS) is 22.9. The first-order chi connectivity index (χ1) is 6.50. The number of aliphatic hydroxyl groups excluding tert-OH is 1. The maximum atomic E-state index is 8.72. The van der Waals surface area contributed by atoms with E-state index in [9.17, 15) is 0 Å². The summed E-state index contributed by atoms with van der Waals surface area (Å²) in [7, 11) is 2.21. The van der Waals surface area contributed by atoms with Gasteiger partial charge in [0.25, 0.3) is 0 Å². The molecule has 80 valence electrons. The number of ether oxygens (including phenoxy) is 1. The highest BCUT2D eigenvalue weighted by atomic mass is 31.2. The highest BCUT2D eigenvalue weighted by Gasteiger charge is 2.33. The zero-order valence-electron chi connectivity index (χ0n) is 8.00. The molecule has 0 amide bonds. The second kappa shape index (κ2) is 6.51. The van der Waals surface area contributed by atoms with Crippen LogP contribution >= 0.6 is 7.94 Å². The molecular weight excluding hydrogens is 206 g/mol. The number of rotatable bonds is 2. The van der Waals surface area contributed by atoms with E-state index in [-0.39, 0.29) is 11.3 Å². The molecule has 0 bridgehead atoms. The summed E-state index contributed by atoms with van der Waals surface area (Å²) in [6.45, 7) is 0.655. The van der Waals surface area contributed by atoms with Crippen molar-refractivity contribution in [3.63, 3.8) is 0 Å². The molecule has 0 aromatic heterocycles. The third-order valence-corrected chi connectivity index (χ3v) is 2.51. The topological polar surface area (TPSA) is 90.2 Å². The van der Waals surface area contributed by atoms with Gasteiger partial charge in [0.15, 0.2) is 7.85 Å². The Labute approximate surface area is 85.0 Å². The van der Waals surface area contributed by atoms with Gasteiger partial charge in [-0.2, -0.15) is 14.7 Å². The van der Waals surface area contributed by atoms with Gasteiger partial charge in [-0.15, -0.1) is 0 Å². The Morgan fingerprint density at radius 2 is 2.00 bits per heavy atom. The molecule has 1 heterocycles. The summed E-state index contributed by atoms with van der Waals surface area (Å²) in [6.07, 6.45) is 2.92. The molecule has 1 unspecified atom stereocenters. The molecule has 14 heavy (non-hydrogen) atoms. The largest absolute Gasteiger partial charge is 0.424 e. The van der Waals surface area contributed by atoms with Gasteiger partial charge in [0.05, 0.1) is 11.3 Å². The summed E-state index contributed by atoms with van der Waals surface area (Å²) < 4.78 is 5.15. The van der Waals surface area contributed by atoms with Crippen LogP contribution in [0.4, 0.5) is 0 Å². The maximum absolute atomic E-state index is 8.72. The minimum atomic E-state index is -4.00. The lowest BCUT2D eigenvalue weighted by Crippen LogP contribution is -2.03. The van der Waals surface area contributed by atoms with Crippen LogP contribution in [0.3, 0.4) is 0 Å². The standard InChI is InChI=1S/C6H11BO4P.CH4O/c7-6(12(8,9)10)4-5-2-1-3-11-5;1-2/h4-5,8-10H,1-3H2;2H,1H3/q+1;/b6-4+;. The van der Waals surface area contributed by atoms with E-state index in [1.54, 1.807) is 0 Å². The first kappa shape index (κ1) is 14.0. The van der Waals surface area contributed by atoms with Gasteiger partial charge in [-0.3, -0.25) is 0 Å². The van der Waals surface area contributed by atoms with Gasteiger partial charge in [-0.25, -0.2) is 0 Å². The highest BCUT2D eigenvalue weighted by molar-refractivity contribution is 7.65. The molecule has 2 radical (unpaired) electrons. The summed E-state index contributed by atoms with van der Waals surface area (Å²) in [5.74, 6) is 0. The SMILES string of the molecule is CO.[B]/C(=C\C1CCCO1)[P+](O)(O)O. The van der Waals surface area contributed by atoms with Crippen LogP contribution in [0.15, 0.2) is 11.3 Å². The zero-order chi connectivity index (χ0) is 11.2. The smallest absolute Gasteiger partial charge is 0.400 e. The van der Waals surface area contributed by atoms with Crippen molar-refractivity contribution < 1.29 is 24.5 Å². The van der Waals surface area contributed by atoms with Gasteiger partial charge < -0.3 is 9.84 Å². The van der Waals surface area contributed by atoms with Crippen LogP contribution < -0.4 is 0 Å². The fourth-order valence-corrected chi connectivity index (χ4v) is 1.39. The predicted molar refractivity (Wildman–Crippen MR) is 54.5 cm³/mol. The molecule has 0 aromatic carbocycles. The quantitative estimate of drug-likeness (QED) is 0.373. The van der Waals surface area contributed by atoms with E-state index in [1.807, 2.05) is 0 Å². The fraction of sp³-hybridized carbons (Fsp3) is 0.714. The number of hydrogen-bond donors (Lipinski definition) is 4. The van der Waals surface area contributed by atoms with Crippen molar-refractivity contribution in [2.24, 2.45) is 0 Å². The second-order valence-corrected chi connectivity index (χ2v) is 4.36. The van der Waals surface area contributed by atoms with Crippen LogP contribution in [0.25, 0.3) is 0 Å². The highest BCUT2D eigenvalue weighted by Crippen LogP contribution is 2.52. The number of hydrogen-bond acceptors (Lipinski definition) is 5. The van der Waals surface area contributed by atoms with Gasteiger partial charge in [0.2, 0.25) is 0 Å². The lowest BCUT2D eigenvalue weighted by Gasteiger charge is -2.07. The van der Waals surface area contributed by atoms with Gasteiger partial charge in [0.1, 0.15) is 0 Å². The van der Waals surface area contributed by atoms with E-state index in [0.717, 1.165) is 20.0 Å². The lowest BCUT2D eigenvalue weighted by atomic mass is 10.1. The summed E-state index contributed by atoms with van der Waals surface area (Å²) in [5.41, 5.74) is 0. The molecular formula is C7H15BO5P+. The van der Waals surface area contributed by atoms with Crippen molar-refractivity contribution in [2.45, 2.75) is 18.9 Å². The molecule has 4 N–H and O–H groups in total. The third kappa shape index (κ3) is 5.05. The molecule has 0 saturated carbocycles. The van der Waals surface area contributed by atoms with Crippen LogP contribution in [0.2, 0.25) is 0 Å². The van der Waals surface area contributed by atoms with Crippen LogP contribution in [-0.2, 0) is 4.74 Å². The minimum Gasteiger partial charge on any atom is -0.400 e. The van der Waals surface area contributed by atoms with E-state index in [0.29, 0.717) is 6.61 Å². The Balaban J connectivity index is 0.000000791. The molecule has 0 aromatic rings. The monoisotopic (exact) mass is 221 g/mol. The molecule has 5 nitrogen and oxygen atoms in total. The van der Waals surface area contributed by atoms with Crippen molar-refractivity contribution in [3.8, 4) is 0 Å². The Morgan fingerprint density at radius 3 is 2.36 bits per heavy atom. The molecule has 1 aliphatic rings. The van der Waals surface area contributed by atoms with E-state index >= 15 is 0 Å². The average molecular weight is 221 g/mol. The Morgan fingerprint density at radius 1 is 1.43 bits per heavy atom. The first-order valence-corrected chi connectivity index (χ1v) is 5.76. The maximum Gasteiger partial charge on any atom is 0.424 e. The molecule has 1 saturated heterocycles. The average Bonchev–Trinajstić information content (AvgIpc) is 2.59. The van der Waals surface area contributed by atoms with Crippen molar-refractivity contribution in [1.29, 1.82) is 0 Å². The Hall–Kier alpha value is 0.0349. The summed E-state index contributed by atoms with van der Waals surface area (Å²) in [6, 6.07) is 0. The van der Waals surface area contributed by atoms with E-state index in [2.05, 4.69) is 0 Å². The fourth-order valence-electron chi connectivity index (χ4n) is 1.02. The minimum absolute atomic E-state index is 0.184. The van der Waals surface area contributed by atoms with Crippen LogP contribution in [0.5, 0.6) is 0 Å². The van der Waals surface area contributed by atoms with Crippen molar-refractivity contribution in [3.05, 3.63) is 11.3 Å². The van der Waals surface area contributed by atoms with Crippen LogP contribution in [0.1, 0.15) is 12.8 Å². The van der Waals surface area contributed by atoms with Gasteiger partial charge in [-0.1, -0.05) is 0 Å². The summed E-state index contributed by atoms with van der Waals surface area (Å²) >= 11 is 0. The molecule has 1 rings (SSSR count). The Kier molecular flexibility index (Phi) is 6.52. The van der Waals surface area contributed by atoms with Crippen molar-refractivity contribution in [1.82, 2.24) is 0 Å². The third-order valence-electron chi connectivity index (χ3n) is 1.67. The molecule has 1 aliphatic heterocycles. The Bertz CT molecular complexity index is 185. The number of aliphatic hydroxyl groups is 1. The molecule has 1 atom stereocenters. The van der Waals surface area contributed by atoms with E-state index in [1.165, 1.54) is 6.08 Å². The molecule has 0 aliphatic carbocycles. The van der Waals surface area contributed by atoms with Crippen LogP contribution in [-0.4, -0.2) is 47.5 Å². The summed E-state index contributed by atoms with van der Waals surface area (Å²) in [5, 5.41) is 6.72. The van der Waals surface area contributed by atoms with Gasteiger partial charge in [-0.05, 0) is 18.9 Å². The summed E-state index contributed by atoms with van der Waals surface area (Å²) in [4.78, 5) is 26.2. The first-order valence-electron chi connectivity index (χ1n) is 4.11. The van der Waals surface area contributed by atoms with Gasteiger partial charge in [0, 0.05) is 13.7 Å². The van der Waals surface area contributed by atoms with E-state index in [4.69, 9.17) is 32.4 Å². The molecule has 1 fully saturated rings. The zero-order valence-corrected chi connectivity index (χ0v) is 8.89. The predicted octanol–water partition coefficient (Wildman–Crippen LogP) is -0.477. The molecule has 0 spiro atoms. The second-order valence-electron chi connectivity index (χ2n) is 2.71. The van der Waals surface area contributed by atoms with E-state index < -0.39 is 7.94 Å². The van der Waals surface area contributed by atoms with Crippen molar-refractivity contribution in [2.75, 3.05) is 13.7 Å². The van der Waals surface area contributed by atoms with Crippen molar-refractivity contribution >= 4 is 15.8 Å². The van der Waals surface area contributed by atoms with Crippen LogP contribution in [0, 0.1) is 0 Å².